The molecule has 0 saturated heterocycles. The number of rotatable bonds is 9. The molecular weight excluding hydrogens is 403 g/mol. The first kappa shape index (κ1) is 23.2. The van der Waals surface area contributed by atoms with Gasteiger partial charge in [-0.25, -0.2) is 0 Å². The molecule has 0 atom stereocenters. The lowest BCUT2D eigenvalue weighted by Gasteiger charge is -2.20. The van der Waals surface area contributed by atoms with Crippen LogP contribution in [0, 0.1) is 0 Å². The minimum Gasteiger partial charge on any atom is -0.493 e. The van der Waals surface area contributed by atoms with E-state index in [-0.39, 0.29) is 30.2 Å². The Morgan fingerprint density at radius 3 is 2.17 bits per heavy atom. The van der Waals surface area contributed by atoms with Gasteiger partial charge in [0.1, 0.15) is 5.75 Å². The van der Waals surface area contributed by atoms with Gasteiger partial charge in [-0.2, -0.15) is 0 Å². The van der Waals surface area contributed by atoms with Crippen LogP contribution in [0.1, 0.15) is 17.5 Å². The lowest BCUT2D eigenvalue weighted by atomic mass is 10.1. The second-order valence-corrected chi connectivity index (χ2v) is 6.40. The number of nitrogens with zero attached hydrogens (tertiary/aromatic N) is 1. The lowest BCUT2D eigenvalue weighted by Crippen LogP contribution is -2.27. The summed E-state index contributed by atoms with van der Waals surface area (Å²) < 4.78 is 57.8. The van der Waals surface area contributed by atoms with Gasteiger partial charge < -0.3 is 23.8 Å². The number of carbonyl (C=O) groups is 1. The van der Waals surface area contributed by atoms with E-state index in [0.717, 1.165) is 5.56 Å². The molecule has 9 heteroatoms. The van der Waals surface area contributed by atoms with Gasteiger partial charge in [-0.05, 0) is 24.1 Å². The van der Waals surface area contributed by atoms with Crippen molar-refractivity contribution in [2.75, 3.05) is 28.4 Å². The Morgan fingerprint density at radius 2 is 1.57 bits per heavy atom. The van der Waals surface area contributed by atoms with Gasteiger partial charge in [0.15, 0.2) is 11.5 Å². The molecule has 0 fully saturated rings. The molecule has 0 radical (unpaired) electrons. The molecule has 1 amide bonds. The van der Waals surface area contributed by atoms with Crippen molar-refractivity contribution in [2.45, 2.75) is 25.7 Å². The zero-order valence-corrected chi connectivity index (χ0v) is 17.2. The van der Waals surface area contributed by atoms with Crippen molar-refractivity contribution in [3.05, 3.63) is 47.5 Å². The lowest BCUT2D eigenvalue weighted by molar-refractivity contribution is -0.275. The van der Waals surface area contributed by atoms with Crippen molar-refractivity contribution in [3.8, 4) is 23.0 Å². The van der Waals surface area contributed by atoms with Gasteiger partial charge >= 0.3 is 6.36 Å². The van der Waals surface area contributed by atoms with Crippen LogP contribution in [0.15, 0.2) is 36.4 Å². The molecule has 0 saturated carbocycles. The summed E-state index contributed by atoms with van der Waals surface area (Å²) in [7, 11) is 6.02. The van der Waals surface area contributed by atoms with Crippen LogP contribution >= 0.6 is 0 Å². The maximum Gasteiger partial charge on any atom is 0.573 e. The van der Waals surface area contributed by atoms with Crippen LogP contribution < -0.4 is 18.9 Å². The Morgan fingerprint density at radius 1 is 0.900 bits per heavy atom. The summed E-state index contributed by atoms with van der Waals surface area (Å²) in [5.41, 5.74) is 1.01. The summed E-state index contributed by atoms with van der Waals surface area (Å²) >= 11 is 0. The van der Waals surface area contributed by atoms with Crippen LogP contribution in [0.4, 0.5) is 13.2 Å². The summed E-state index contributed by atoms with van der Waals surface area (Å²) in [4.78, 5) is 13.9. The summed E-state index contributed by atoms with van der Waals surface area (Å²) in [6.45, 7) is -0.0197. The number of hydrogen-bond donors (Lipinski definition) is 0. The minimum absolute atomic E-state index is 0.0197. The van der Waals surface area contributed by atoms with E-state index in [1.807, 2.05) is 0 Å². The van der Waals surface area contributed by atoms with Gasteiger partial charge in [0.2, 0.25) is 11.7 Å². The van der Waals surface area contributed by atoms with Gasteiger partial charge in [-0.1, -0.05) is 24.3 Å². The number of hydrogen-bond acceptors (Lipinski definition) is 5. The van der Waals surface area contributed by atoms with E-state index in [4.69, 9.17) is 14.2 Å². The van der Waals surface area contributed by atoms with Crippen molar-refractivity contribution >= 4 is 5.91 Å². The molecule has 0 aliphatic carbocycles. The third-order valence-electron chi connectivity index (χ3n) is 4.43. The van der Waals surface area contributed by atoms with E-state index in [0.29, 0.717) is 23.7 Å². The Balaban J connectivity index is 2.08. The molecule has 0 unspecified atom stereocenters. The smallest absolute Gasteiger partial charge is 0.493 e. The first-order valence-corrected chi connectivity index (χ1v) is 9.05. The molecule has 2 aromatic rings. The quantitative estimate of drug-likeness (QED) is 0.600. The largest absolute Gasteiger partial charge is 0.573 e. The number of benzene rings is 2. The van der Waals surface area contributed by atoms with Crippen molar-refractivity contribution in [2.24, 2.45) is 0 Å². The molecule has 0 aliphatic heterocycles. The Hall–Kier alpha value is -3.10. The summed E-state index contributed by atoms with van der Waals surface area (Å²) in [5, 5.41) is 0. The summed E-state index contributed by atoms with van der Waals surface area (Å²) in [6.07, 6.45) is -4.32. The van der Waals surface area contributed by atoms with E-state index < -0.39 is 6.36 Å². The maximum atomic E-state index is 12.6. The molecule has 30 heavy (non-hydrogen) atoms. The third-order valence-corrected chi connectivity index (χ3v) is 4.43. The number of aryl methyl sites for hydroxylation is 1. The van der Waals surface area contributed by atoms with E-state index in [2.05, 4.69) is 4.74 Å². The monoisotopic (exact) mass is 427 g/mol. The van der Waals surface area contributed by atoms with Crippen LogP contribution in [0.3, 0.4) is 0 Å². The SMILES string of the molecule is COc1ccc(CCC(=O)N(C)Cc2ccccc2OC(F)(F)F)c(OC)c1OC. The average molecular weight is 427 g/mol. The third kappa shape index (κ3) is 5.95. The van der Waals surface area contributed by atoms with Crippen molar-refractivity contribution in [3.63, 3.8) is 0 Å². The molecule has 0 aliphatic rings. The zero-order valence-electron chi connectivity index (χ0n) is 17.2. The standard InChI is InChI=1S/C21H24F3NO5/c1-25(13-15-7-5-6-8-16(15)30-21(22,23)24)18(26)12-10-14-9-11-17(27-2)20(29-4)19(14)28-3/h5-9,11H,10,12-13H2,1-4H3. The number of carbonyl (C=O) groups excluding carboxylic acids is 1. The molecule has 2 rings (SSSR count). The summed E-state index contributed by atoms with van der Waals surface area (Å²) in [5.74, 6) is 0.829. The molecule has 0 bridgehead atoms. The van der Waals surface area contributed by atoms with E-state index in [9.17, 15) is 18.0 Å². The second kappa shape index (κ2) is 10.1. The minimum atomic E-state index is -4.80. The molecule has 6 nitrogen and oxygen atoms in total. The summed E-state index contributed by atoms with van der Waals surface area (Å²) in [6, 6.07) is 9.23. The van der Waals surface area contributed by atoms with Gasteiger partial charge in [-0.15, -0.1) is 13.2 Å². The van der Waals surface area contributed by atoms with E-state index in [1.165, 1.54) is 51.5 Å². The van der Waals surface area contributed by atoms with E-state index >= 15 is 0 Å². The highest BCUT2D eigenvalue weighted by Crippen LogP contribution is 2.40. The fourth-order valence-corrected chi connectivity index (χ4v) is 2.99. The van der Waals surface area contributed by atoms with Crippen LogP contribution in [-0.2, 0) is 17.8 Å². The fraction of sp³-hybridized carbons (Fsp3) is 0.381. The highest BCUT2D eigenvalue weighted by atomic mass is 19.4. The van der Waals surface area contributed by atoms with Crippen LogP contribution in [0.25, 0.3) is 0 Å². The highest BCUT2D eigenvalue weighted by Gasteiger charge is 2.32. The van der Waals surface area contributed by atoms with Gasteiger partial charge in [0.25, 0.3) is 0 Å². The van der Waals surface area contributed by atoms with Gasteiger partial charge in [0, 0.05) is 25.6 Å². The van der Waals surface area contributed by atoms with E-state index in [1.54, 1.807) is 18.2 Å². The Kier molecular flexibility index (Phi) is 7.79. The number of methoxy groups -OCH3 is 3. The molecule has 0 heterocycles. The first-order valence-electron chi connectivity index (χ1n) is 9.05. The predicted molar refractivity (Wildman–Crippen MR) is 104 cm³/mol. The number of halogens is 3. The topological polar surface area (TPSA) is 57.2 Å². The van der Waals surface area contributed by atoms with Crippen LogP contribution in [0.5, 0.6) is 23.0 Å². The van der Waals surface area contributed by atoms with Crippen LogP contribution in [0.2, 0.25) is 0 Å². The van der Waals surface area contributed by atoms with Crippen molar-refractivity contribution in [1.82, 2.24) is 4.90 Å². The molecule has 0 spiro atoms. The Labute approximate surface area is 173 Å². The van der Waals surface area contributed by atoms with Crippen LogP contribution in [-0.4, -0.2) is 45.5 Å². The highest BCUT2D eigenvalue weighted by molar-refractivity contribution is 5.76. The molecule has 164 valence electrons. The molecule has 0 N–H and O–H groups in total. The maximum absolute atomic E-state index is 12.6. The number of amides is 1. The predicted octanol–water partition coefficient (Wildman–Crippen LogP) is 4.20. The zero-order chi connectivity index (χ0) is 22.3. The Bertz CT molecular complexity index is 870. The number of ether oxygens (including phenoxy) is 4. The van der Waals surface area contributed by atoms with Crippen molar-refractivity contribution in [1.29, 1.82) is 0 Å². The van der Waals surface area contributed by atoms with Crippen molar-refractivity contribution < 1.29 is 36.9 Å². The first-order chi connectivity index (χ1) is 14.2. The second-order valence-electron chi connectivity index (χ2n) is 6.40. The van der Waals surface area contributed by atoms with Gasteiger partial charge in [0.05, 0.1) is 21.3 Å². The normalized spacial score (nSPS) is 11.0. The fourth-order valence-electron chi connectivity index (χ4n) is 2.99. The molecule has 0 aromatic heterocycles. The van der Waals surface area contributed by atoms with Gasteiger partial charge in [-0.3, -0.25) is 4.79 Å². The molecular formula is C21H24F3NO5. The number of para-hydroxylation sites is 1. The molecule has 2 aromatic carbocycles. The number of alkyl halides is 3. The average Bonchev–Trinajstić information content (AvgIpc) is 2.71.